The molecule has 0 radical (unpaired) electrons. The third kappa shape index (κ3) is 1.98. The Morgan fingerprint density at radius 2 is 2.00 bits per heavy atom. The Balaban J connectivity index is 2.34. The van der Waals surface area contributed by atoms with Gasteiger partial charge in [-0.15, -0.1) is 0 Å². The van der Waals surface area contributed by atoms with Gasteiger partial charge in [0.1, 0.15) is 0 Å². The van der Waals surface area contributed by atoms with Gasteiger partial charge in [0.25, 0.3) is 0 Å². The molecular weight excluding hydrogens is 202 g/mol. The van der Waals surface area contributed by atoms with Crippen molar-refractivity contribution in [2.24, 2.45) is 0 Å². The number of carbonyl (C=O) groups is 1. The van der Waals surface area contributed by atoms with E-state index in [-0.39, 0.29) is 5.78 Å². The van der Waals surface area contributed by atoms with Crippen molar-refractivity contribution in [3.8, 4) is 0 Å². The molecule has 0 atom stereocenters. The van der Waals surface area contributed by atoms with E-state index in [0.29, 0.717) is 11.3 Å². The zero-order valence-corrected chi connectivity index (χ0v) is 9.31. The normalized spacial score (nSPS) is 10.1. The summed E-state index contributed by atoms with van der Waals surface area (Å²) in [5.74, 6) is 0.282. The van der Waals surface area contributed by atoms with E-state index in [1.807, 2.05) is 37.2 Å². The Hall–Kier alpha value is -2.03. The Labute approximate surface area is 94.3 Å². The quantitative estimate of drug-likeness (QED) is 0.738. The highest BCUT2D eigenvalue weighted by Crippen LogP contribution is 2.16. The third-order valence-electron chi connectivity index (χ3n) is 2.37. The average Bonchev–Trinajstić information content (AvgIpc) is 2.81. The summed E-state index contributed by atoms with van der Waals surface area (Å²) in [6, 6.07) is 10.8. The Bertz CT molecular complexity index is 486. The van der Waals surface area contributed by atoms with Gasteiger partial charge in [0.15, 0.2) is 5.76 Å². The van der Waals surface area contributed by atoms with Crippen molar-refractivity contribution < 1.29 is 9.21 Å². The molecule has 3 nitrogen and oxygen atoms in total. The van der Waals surface area contributed by atoms with Crippen LogP contribution >= 0.6 is 0 Å². The first-order valence-corrected chi connectivity index (χ1v) is 5.04. The summed E-state index contributed by atoms with van der Waals surface area (Å²) in [5, 5.41) is 0. The molecule has 0 fully saturated rings. The van der Waals surface area contributed by atoms with Crippen LogP contribution in [0.5, 0.6) is 0 Å². The number of ketones is 1. The highest BCUT2D eigenvalue weighted by atomic mass is 16.3. The van der Waals surface area contributed by atoms with Crippen LogP contribution in [0.15, 0.2) is 47.1 Å². The van der Waals surface area contributed by atoms with Gasteiger partial charge in [-0.1, -0.05) is 12.1 Å². The second-order valence-corrected chi connectivity index (χ2v) is 3.75. The molecule has 1 aromatic carbocycles. The van der Waals surface area contributed by atoms with E-state index in [1.165, 1.54) is 6.26 Å². The van der Waals surface area contributed by atoms with Crippen molar-refractivity contribution in [3.05, 3.63) is 54.0 Å². The Morgan fingerprint density at radius 3 is 2.62 bits per heavy atom. The molecule has 82 valence electrons. The fourth-order valence-electron chi connectivity index (χ4n) is 1.48. The molecule has 0 spiro atoms. The van der Waals surface area contributed by atoms with Crippen molar-refractivity contribution in [3.63, 3.8) is 0 Å². The lowest BCUT2D eigenvalue weighted by Crippen LogP contribution is -2.09. The molecule has 0 bridgehead atoms. The summed E-state index contributed by atoms with van der Waals surface area (Å²) in [4.78, 5) is 13.9. The van der Waals surface area contributed by atoms with E-state index in [2.05, 4.69) is 0 Å². The number of benzene rings is 1. The molecule has 0 aliphatic heterocycles. The molecule has 2 aromatic rings. The minimum Gasteiger partial charge on any atom is -0.461 e. The van der Waals surface area contributed by atoms with Crippen LogP contribution in [0, 0.1) is 0 Å². The van der Waals surface area contributed by atoms with Crippen molar-refractivity contribution >= 4 is 11.5 Å². The van der Waals surface area contributed by atoms with E-state index >= 15 is 0 Å². The van der Waals surface area contributed by atoms with Gasteiger partial charge < -0.3 is 9.32 Å². The lowest BCUT2D eigenvalue weighted by molar-refractivity contribution is 0.101. The SMILES string of the molecule is CN(C)c1cccc(C(=O)c2ccco2)c1. The molecule has 0 saturated heterocycles. The van der Waals surface area contributed by atoms with Gasteiger partial charge in [0, 0.05) is 25.3 Å². The Morgan fingerprint density at radius 1 is 1.19 bits per heavy atom. The number of rotatable bonds is 3. The highest BCUT2D eigenvalue weighted by Gasteiger charge is 2.12. The zero-order valence-electron chi connectivity index (χ0n) is 9.31. The minimum absolute atomic E-state index is 0.0892. The summed E-state index contributed by atoms with van der Waals surface area (Å²) in [6.45, 7) is 0. The maximum absolute atomic E-state index is 12.0. The van der Waals surface area contributed by atoms with Crippen LogP contribution in [0.1, 0.15) is 16.1 Å². The van der Waals surface area contributed by atoms with E-state index in [1.54, 1.807) is 18.2 Å². The van der Waals surface area contributed by atoms with Gasteiger partial charge in [-0.25, -0.2) is 0 Å². The van der Waals surface area contributed by atoms with Gasteiger partial charge in [0.2, 0.25) is 5.78 Å². The van der Waals surface area contributed by atoms with Crippen LogP contribution in [-0.2, 0) is 0 Å². The minimum atomic E-state index is -0.0892. The molecule has 0 N–H and O–H groups in total. The summed E-state index contributed by atoms with van der Waals surface area (Å²) in [6.07, 6.45) is 1.50. The van der Waals surface area contributed by atoms with Crippen molar-refractivity contribution in [2.45, 2.75) is 0 Å². The highest BCUT2D eigenvalue weighted by molar-refractivity contribution is 6.07. The fourth-order valence-corrected chi connectivity index (χ4v) is 1.48. The zero-order chi connectivity index (χ0) is 11.5. The number of hydrogen-bond acceptors (Lipinski definition) is 3. The summed E-state index contributed by atoms with van der Waals surface area (Å²) in [5.41, 5.74) is 1.64. The number of furan rings is 1. The lowest BCUT2D eigenvalue weighted by Gasteiger charge is -2.12. The van der Waals surface area contributed by atoms with Crippen molar-refractivity contribution in [1.82, 2.24) is 0 Å². The number of hydrogen-bond donors (Lipinski definition) is 0. The molecule has 0 unspecified atom stereocenters. The second kappa shape index (κ2) is 4.23. The Kier molecular flexibility index (Phi) is 2.77. The molecule has 0 aliphatic carbocycles. The van der Waals surface area contributed by atoms with Crippen LogP contribution in [0.2, 0.25) is 0 Å². The van der Waals surface area contributed by atoms with Crippen LogP contribution in [-0.4, -0.2) is 19.9 Å². The number of anilines is 1. The first-order valence-electron chi connectivity index (χ1n) is 5.04. The van der Waals surface area contributed by atoms with Crippen LogP contribution in [0.25, 0.3) is 0 Å². The third-order valence-corrected chi connectivity index (χ3v) is 2.37. The molecule has 0 aliphatic rings. The fraction of sp³-hybridized carbons (Fsp3) is 0.154. The molecule has 0 saturated carbocycles. The number of carbonyl (C=O) groups excluding carboxylic acids is 1. The summed E-state index contributed by atoms with van der Waals surface area (Å²) < 4.78 is 5.09. The first kappa shape index (κ1) is 10.5. The largest absolute Gasteiger partial charge is 0.461 e. The number of nitrogens with zero attached hydrogens (tertiary/aromatic N) is 1. The maximum atomic E-state index is 12.0. The van der Waals surface area contributed by atoms with Gasteiger partial charge in [0.05, 0.1) is 6.26 Å². The molecule has 2 rings (SSSR count). The van der Waals surface area contributed by atoms with Crippen LogP contribution < -0.4 is 4.90 Å². The van der Waals surface area contributed by atoms with E-state index in [0.717, 1.165) is 5.69 Å². The van der Waals surface area contributed by atoms with Gasteiger partial charge in [-0.05, 0) is 24.3 Å². The standard InChI is InChI=1S/C13H13NO2/c1-14(2)11-6-3-5-10(9-11)13(15)12-7-4-8-16-12/h3-9H,1-2H3. The van der Waals surface area contributed by atoms with E-state index in [9.17, 15) is 4.79 Å². The van der Waals surface area contributed by atoms with Gasteiger partial charge in [-0.2, -0.15) is 0 Å². The molecule has 0 amide bonds. The predicted octanol–water partition coefficient (Wildman–Crippen LogP) is 2.58. The lowest BCUT2D eigenvalue weighted by atomic mass is 10.1. The molecular formula is C13H13NO2. The summed E-state index contributed by atoms with van der Waals surface area (Å²) in [7, 11) is 3.88. The van der Waals surface area contributed by atoms with Crippen LogP contribution in [0.4, 0.5) is 5.69 Å². The van der Waals surface area contributed by atoms with E-state index in [4.69, 9.17) is 4.42 Å². The van der Waals surface area contributed by atoms with Crippen LogP contribution in [0.3, 0.4) is 0 Å². The van der Waals surface area contributed by atoms with Gasteiger partial charge >= 0.3 is 0 Å². The topological polar surface area (TPSA) is 33.5 Å². The second-order valence-electron chi connectivity index (χ2n) is 3.75. The van der Waals surface area contributed by atoms with Crippen molar-refractivity contribution in [1.29, 1.82) is 0 Å². The molecule has 3 heteroatoms. The van der Waals surface area contributed by atoms with Gasteiger partial charge in [-0.3, -0.25) is 4.79 Å². The summed E-state index contributed by atoms with van der Waals surface area (Å²) >= 11 is 0. The maximum Gasteiger partial charge on any atom is 0.228 e. The smallest absolute Gasteiger partial charge is 0.228 e. The molecule has 1 heterocycles. The first-order chi connectivity index (χ1) is 7.68. The predicted molar refractivity (Wildman–Crippen MR) is 62.9 cm³/mol. The molecule has 16 heavy (non-hydrogen) atoms. The van der Waals surface area contributed by atoms with E-state index < -0.39 is 0 Å². The molecule has 1 aromatic heterocycles. The average molecular weight is 215 g/mol. The van der Waals surface area contributed by atoms with Crippen molar-refractivity contribution in [2.75, 3.05) is 19.0 Å². The monoisotopic (exact) mass is 215 g/mol.